The maximum Gasteiger partial charge on any atom is 0.0831 e. The Morgan fingerprint density at radius 2 is 1.92 bits per heavy atom. The number of aliphatic hydroxyl groups excluding tert-OH is 3. The number of H-pyrrole nitrogens is 1. The molecular weight excluding hydrogens is 446 g/mol. The van der Waals surface area contributed by atoms with Crippen molar-refractivity contribution in [2.45, 2.75) is 102 Å². The van der Waals surface area contributed by atoms with Gasteiger partial charge in [-0.05, 0) is 104 Å². The van der Waals surface area contributed by atoms with Gasteiger partial charge in [-0.3, -0.25) is 0 Å². The zero-order valence-corrected chi connectivity index (χ0v) is 22.3. The van der Waals surface area contributed by atoms with Gasteiger partial charge in [0.1, 0.15) is 0 Å². The molecular formula is C32H45NO3. The normalized spacial score (nSPS) is 38.0. The van der Waals surface area contributed by atoms with E-state index in [1.807, 2.05) is 6.20 Å². The van der Waals surface area contributed by atoms with Crippen LogP contribution in [0.4, 0.5) is 0 Å². The Morgan fingerprint density at radius 3 is 2.61 bits per heavy atom. The smallest absolute Gasteiger partial charge is 0.0831 e. The van der Waals surface area contributed by atoms with Crippen molar-refractivity contribution in [2.75, 3.05) is 0 Å². The van der Waals surface area contributed by atoms with E-state index in [2.05, 4.69) is 62.7 Å². The van der Waals surface area contributed by atoms with Crippen molar-refractivity contribution in [3.05, 3.63) is 71.1 Å². The highest BCUT2D eigenvalue weighted by Crippen LogP contribution is 2.59. The van der Waals surface area contributed by atoms with Crippen molar-refractivity contribution in [1.82, 2.24) is 4.98 Å². The molecule has 7 atom stereocenters. The summed E-state index contributed by atoms with van der Waals surface area (Å²) in [7, 11) is 0. The minimum absolute atomic E-state index is 0.120. The molecule has 0 aromatic carbocycles. The van der Waals surface area contributed by atoms with Crippen molar-refractivity contribution < 1.29 is 15.3 Å². The van der Waals surface area contributed by atoms with Gasteiger partial charge in [-0.25, -0.2) is 0 Å². The largest absolute Gasteiger partial charge is 0.393 e. The molecule has 0 radical (unpaired) electrons. The Kier molecular flexibility index (Phi) is 6.99. The van der Waals surface area contributed by atoms with Gasteiger partial charge in [-0.2, -0.15) is 0 Å². The third-order valence-electron chi connectivity index (χ3n) is 10.3. The molecule has 4 nitrogen and oxygen atoms in total. The second kappa shape index (κ2) is 9.78. The minimum atomic E-state index is -0.635. The topological polar surface area (TPSA) is 76.5 Å². The summed E-state index contributed by atoms with van der Waals surface area (Å²) in [6.07, 6.45) is 18.4. The van der Waals surface area contributed by atoms with Gasteiger partial charge in [-0.1, -0.05) is 50.3 Å². The van der Waals surface area contributed by atoms with Crippen molar-refractivity contribution in [2.24, 2.45) is 23.2 Å². The van der Waals surface area contributed by atoms with Crippen LogP contribution in [0.2, 0.25) is 0 Å². The van der Waals surface area contributed by atoms with Crippen LogP contribution in [-0.2, 0) is 5.41 Å². The van der Waals surface area contributed by atoms with Crippen molar-refractivity contribution >= 4 is 0 Å². The van der Waals surface area contributed by atoms with Crippen LogP contribution in [0.5, 0.6) is 0 Å². The van der Waals surface area contributed by atoms with E-state index in [4.69, 9.17) is 0 Å². The number of aryl methyl sites for hydroxylation is 1. The van der Waals surface area contributed by atoms with Crippen LogP contribution in [0.15, 0.2) is 59.9 Å². The molecule has 4 heteroatoms. The zero-order chi connectivity index (χ0) is 25.7. The number of allylic oxidation sites excluding steroid dienone is 4. The lowest BCUT2D eigenvalue weighted by molar-refractivity contribution is 0.0862. The summed E-state index contributed by atoms with van der Waals surface area (Å²) in [5, 5.41) is 31.4. The van der Waals surface area contributed by atoms with Crippen LogP contribution in [0.1, 0.15) is 82.9 Å². The number of fused-ring (bicyclic) bond motifs is 1. The van der Waals surface area contributed by atoms with E-state index in [9.17, 15) is 15.3 Å². The number of aromatic nitrogens is 1. The Hall–Kier alpha value is -1.88. The molecule has 0 amide bonds. The molecule has 1 heterocycles. The number of rotatable bonds is 6. The van der Waals surface area contributed by atoms with E-state index in [-0.39, 0.29) is 10.8 Å². The molecule has 4 N–H and O–H groups in total. The van der Waals surface area contributed by atoms with E-state index in [0.29, 0.717) is 30.6 Å². The fourth-order valence-corrected chi connectivity index (χ4v) is 7.86. The maximum atomic E-state index is 11.1. The van der Waals surface area contributed by atoms with Crippen LogP contribution >= 0.6 is 0 Å². The van der Waals surface area contributed by atoms with Crippen LogP contribution in [0, 0.1) is 30.1 Å². The fraction of sp³-hybridized carbons (Fsp3) is 0.625. The number of nitrogens with one attached hydrogen (secondary N) is 1. The molecule has 1 aromatic rings. The van der Waals surface area contributed by atoms with Crippen molar-refractivity contribution in [1.29, 1.82) is 0 Å². The quantitative estimate of drug-likeness (QED) is 0.366. The van der Waals surface area contributed by atoms with Crippen LogP contribution in [-0.4, -0.2) is 38.6 Å². The van der Waals surface area contributed by atoms with Gasteiger partial charge in [-0.15, -0.1) is 0 Å². The molecule has 4 saturated carbocycles. The molecule has 5 rings (SSSR count). The molecule has 196 valence electrons. The Balaban J connectivity index is 1.29. The summed E-state index contributed by atoms with van der Waals surface area (Å²) in [4.78, 5) is 3.39. The summed E-state index contributed by atoms with van der Waals surface area (Å²) in [6, 6.07) is 2.19. The Bertz CT molecular complexity index is 1070. The first-order valence-electron chi connectivity index (χ1n) is 14.1. The lowest BCUT2D eigenvalue weighted by Gasteiger charge is -2.44. The highest BCUT2D eigenvalue weighted by atomic mass is 16.3. The summed E-state index contributed by atoms with van der Waals surface area (Å²) in [5.41, 5.74) is 5.83. The first-order valence-corrected chi connectivity index (χ1v) is 14.1. The van der Waals surface area contributed by atoms with Gasteiger partial charge in [0, 0.05) is 23.7 Å². The van der Waals surface area contributed by atoms with Crippen molar-refractivity contribution in [3.8, 4) is 0 Å². The minimum Gasteiger partial charge on any atom is -0.393 e. The Labute approximate surface area is 216 Å². The lowest BCUT2D eigenvalue weighted by atomic mass is 9.61. The van der Waals surface area contributed by atoms with E-state index < -0.39 is 18.3 Å². The monoisotopic (exact) mass is 491 g/mol. The van der Waals surface area contributed by atoms with E-state index in [0.717, 1.165) is 30.4 Å². The van der Waals surface area contributed by atoms with Crippen LogP contribution in [0.25, 0.3) is 0 Å². The predicted octanol–water partition coefficient (Wildman–Crippen LogP) is 6.05. The molecule has 0 saturated heterocycles. The third-order valence-corrected chi connectivity index (χ3v) is 10.3. The van der Waals surface area contributed by atoms with Gasteiger partial charge >= 0.3 is 0 Å². The second-order valence-electron chi connectivity index (χ2n) is 12.6. The molecule has 4 fully saturated rings. The summed E-state index contributed by atoms with van der Waals surface area (Å²) >= 11 is 0. The summed E-state index contributed by atoms with van der Waals surface area (Å²) < 4.78 is 0. The average Bonchev–Trinajstić information content (AvgIpc) is 3.41. The molecule has 1 aromatic heterocycles. The van der Waals surface area contributed by atoms with Crippen LogP contribution in [0.3, 0.4) is 0 Å². The number of hydrogen-bond donors (Lipinski definition) is 4. The molecule has 0 unspecified atom stereocenters. The van der Waals surface area contributed by atoms with Crippen LogP contribution < -0.4 is 0 Å². The van der Waals surface area contributed by atoms with Gasteiger partial charge in [0.2, 0.25) is 0 Å². The predicted molar refractivity (Wildman–Crippen MR) is 145 cm³/mol. The lowest BCUT2D eigenvalue weighted by Crippen LogP contribution is -2.35. The summed E-state index contributed by atoms with van der Waals surface area (Å²) in [5.74, 6) is 1.62. The van der Waals surface area contributed by atoms with Gasteiger partial charge in [0.15, 0.2) is 0 Å². The van der Waals surface area contributed by atoms with Gasteiger partial charge in [0.05, 0.1) is 18.3 Å². The number of aromatic amines is 1. The molecule has 4 aliphatic rings. The maximum absolute atomic E-state index is 11.1. The zero-order valence-electron chi connectivity index (χ0n) is 22.3. The molecule has 0 aliphatic heterocycles. The Morgan fingerprint density at radius 1 is 1.14 bits per heavy atom. The molecule has 4 aliphatic carbocycles. The molecule has 0 spiro atoms. The molecule has 0 bridgehead atoms. The first-order chi connectivity index (χ1) is 17.1. The van der Waals surface area contributed by atoms with E-state index in [1.54, 1.807) is 0 Å². The second-order valence-corrected chi connectivity index (χ2v) is 12.6. The fourth-order valence-electron chi connectivity index (χ4n) is 7.86. The highest BCUT2D eigenvalue weighted by Gasteiger charge is 2.52. The SMILES string of the molecule is C=C1/C(=C\C=C2/CCC[C@]3(C)[C@@H]([C@H](C)/C=C/[C@@H](O)C4(c5cc(C)c[nH]5)CC4)CC[C@@H]23)C[C@@H](O)C[C@@H]1O. The number of aliphatic hydroxyl groups is 3. The average molecular weight is 492 g/mol. The molecule has 36 heavy (non-hydrogen) atoms. The van der Waals surface area contributed by atoms with Gasteiger partial charge in [0.25, 0.3) is 0 Å². The van der Waals surface area contributed by atoms with E-state index >= 15 is 0 Å². The third kappa shape index (κ3) is 4.61. The van der Waals surface area contributed by atoms with E-state index in [1.165, 1.54) is 42.5 Å². The highest BCUT2D eigenvalue weighted by molar-refractivity contribution is 5.39. The summed E-state index contributed by atoms with van der Waals surface area (Å²) in [6.45, 7) is 11.0. The standard InChI is InChI=1S/C32H45NO3/c1-20-16-29(33-19-20)32(14-15-32)30(36)12-7-21(2)26-10-11-27-23(6-5-13-31(26,27)4)8-9-24-17-25(34)18-28(35)22(24)3/h7-9,12,16,19,21,25-28,30,33-36H,3,5-6,10-11,13-15,17-18H2,1-2,4H3/b12-7+,23-8+,24-9-/t21-,25-,26-,27+,28+,30-,31-/m1/s1. The van der Waals surface area contributed by atoms with Gasteiger partial charge < -0.3 is 20.3 Å². The number of hydrogen-bond acceptors (Lipinski definition) is 3. The van der Waals surface area contributed by atoms with Crippen molar-refractivity contribution in [3.63, 3.8) is 0 Å². The first kappa shape index (κ1) is 25.8.